The number of carbonyl (C=O) groups is 1. The van der Waals surface area contributed by atoms with Gasteiger partial charge in [0.05, 0.1) is 6.54 Å². The molecule has 2 heterocycles. The van der Waals surface area contributed by atoms with Gasteiger partial charge in [0.1, 0.15) is 11.4 Å². The highest BCUT2D eigenvalue weighted by molar-refractivity contribution is 5.79. The van der Waals surface area contributed by atoms with Gasteiger partial charge in [-0.25, -0.2) is 14.8 Å². The third-order valence-corrected chi connectivity index (χ3v) is 4.82. The molecular weight excluding hydrogens is 392 g/mol. The molecule has 174 valence electrons. The molecule has 0 aliphatic carbocycles. The van der Waals surface area contributed by atoms with Crippen LogP contribution >= 0.6 is 0 Å². The predicted octanol–water partition coefficient (Wildman–Crippen LogP) is 3.43. The van der Waals surface area contributed by atoms with Crippen LogP contribution in [0.4, 0.5) is 10.6 Å². The molecule has 1 saturated heterocycles. The lowest BCUT2D eigenvalue weighted by molar-refractivity contribution is 0.0527. The van der Waals surface area contributed by atoms with Gasteiger partial charge in [0, 0.05) is 38.9 Å². The number of carbonyl (C=O) groups excluding carboxylic acids is 1. The number of pyridine rings is 1. The van der Waals surface area contributed by atoms with Crippen molar-refractivity contribution >= 4 is 17.9 Å². The summed E-state index contributed by atoms with van der Waals surface area (Å²) in [6.45, 7) is 12.4. The lowest BCUT2D eigenvalue weighted by atomic mass is 10.2. The average Bonchev–Trinajstić information content (AvgIpc) is 3.00. The molecule has 1 aliphatic rings. The van der Waals surface area contributed by atoms with Gasteiger partial charge in [-0.15, -0.1) is 0 Å². The normalized spacial score (nSPS) is 15.2. The summed E-state index contributed by atoms with van der Waals surface area (Å²) in [5.41, 5.74) is 0.607. The number of alkyl carbamates (subject to hydrolysis) is 1. The summed E-state index contributed by atoms with van der Waals surface area (Å²) >= 11 is 0. The molecule has 1 aromatic heterocycles. The molecule has 1 aromatic rings. The van der Waals surface area contributed by atoms with Crippen LogP contribution in [-0.2, 0) is 11.3 Å². The molecule has 1 amide bonds. The molecule has 8 nitrogen and oxygen atoms in total. The minimum absolute atomic E-state index is 0.385. The average molecular weight is 433 g/mol. The first-order valence-corrected chi connectivity index (χ1v) is 11.6. The maximum absolute atomic E-state index is 11.7. The maximum atomic E-state index is 11.7. The third-order valence-electron chi connectivity index (χ3n) is 4.82. The van der Waals surface area contributed by atoms with E-state index in [1.807, 2.05) is 33.9 Å². The maximum Gasteiger partial charge on any atom is 0.407 e. The summed E-state index contributed by atoms with van der Waals surface area (Å²) in [5, 5.41) is 9.32. The first-order valence-electron chi connectivity index (χ1n) is 11.6. The Balaban J connectivity index is 1.75. The number of amides is 1. The molecule has 0 aromatic carbocycles. The van der Waals surface area contributed by atoms with Gasteiger partial charge in [-0.1, -0.05) is 18.9 Å². The smallest absolute Gasteiger partial charge is 0.407 e. The second-order valence-corrected chi connectivity index (χ2v) is 8.83. The Morgan fingerprint density at radius 2 is 1.81 bits per heavy atom. The molecule has 8 heteroatoms. The Morgan fingerprint density at radius 3 is 2.42 bits per heavy atom. The summed E-state index contributed by atoms with van der Waals surface area (Å²) in [4.78, 5) is 23.4. The third kappa shape index (κ3) is 10.4. The number of nitrogens with zero attached hydrogens (tertiary/aromatic N) is 3. The molecule has 0 bridgehead atoms. The van der Waals surface area contributed by atoms with E-state index in [2.05, 4.69) is 43.0 Å². The fourth-order valence-electron chi connectivity index (χ4n) is 3.31. The zero-order valence-electron chi connectivity index (χ0n) is 19.7. The number of aromatic nitrogens is 1. The Bertz CT molecular complexity index is 676. The van der Waals surface area contributed by atoms with E-state index >= 15 is 0 Å². The zero-order valence-corrected chi connectivity index (χ0v) is 19.7. The quantitative estimate of drug-likeness (QED) is 0.331. The summed E-state index contributed by atoms with van der Waals surface area (Å²) < 4.78 is 5.23. The number of nitrogens with one attached hydrogen (secondary N) is 3. The van der Waals surface area contributed by atoms with Crippen molar-refractivity contribution in [3.63, 3.8) is 0 Å². The first-order chi connectivity index (χ1) is 14.9. The van der Waals surface area contributed by atoms with E-state index in [-0.39, 0.29) is 6.09 Å². The summed E-state index contributed by atoms with van der Waals surface area (Å²) in [6, 6.07) is 4.23. The molecule has 31 heavy (non-hydrogen) atoms. The van der Waals surface area contributed by atoms with E-state index in [0.29, 0.717) is 19.6 Å². The van der Waals surface area contributed by atoms with Crippen LogP contribution in [0.1, 0.15) is 65.4 Å². The summed E-state index contributed by atoms with van der Waals surface area (Å²) in [6.07, 6.45) is 7.45. The molecule has 0 unspecified atom stereocenters. The number of aliphatic imine (C=N–C) groups is 1. The van der Waals surface area contributed by atoms with Crippen molar-refractivity contribution < 1.29 is 9.53 Å². The van der Waals surface area contributed by atoms with Crippen molar-refractivity contribution in [2.45, 2.75) is 71.9 Å². The lowest BCUT2D eigenvalue weighted by Gasteiger charge is -2.21. The summed E-state index contributed by atoms with van der Waals surface area (Å²) in [7, 11) is 0. The minimum Gasteiger partial charge on any atom is -0.444 e. The van der Waals surface area contributed by atoms with Crippen LogP contribution in [0, 0.1) is 0 Å². The monoisotopic (exact) mass is 432 g/mol. The fourth-order valence-corrected chi connectivity index (χ4v) is 3.31. The minimum atomic E-state index is -0.479. The molecule has 0 spiro atoms. The number of ether oxygens (including phenoxy) is 1. The molecule has 1 fully saturated rings. The Labute approximate surface area is 187 Å². The Hall–Kier alpha value is -2.51. The van der Waals surface area contributed by atoms with Crippen molar-refractivity contribution in [3.05, 3.63) is 23.9 Å². The van der Waals surface area contributed by atoms with E-state index in [9.17, 15) is 4.79 Å². The van der Waals surface area contributed by atoms with E-state index < -0.39 is 5.60 Å². The molecule has 3 N–H and O–H groups in total. The van der Waals surface area contributed by atoms with Crippen molar-refractivity contribution in [3.8, 4) is 0 Å². The predicted molar refractivity (Wildman–Crippen MR) is 127 cm³/mol. The standard InChI is InChI=1S/C23H40N6O2/c1-5-24-21(25-13-10-14-26-22(30)31-23(2,3)4)28-18-19-11-12-20(27-17-19)29-15-8-6-7-9-16-29/h11-12,17H,5-10,13-16,18H2,1-4H3,(H,26,30)(H2,24,25,28). The van der Waals surface area contributed by atoms with Crippen LogP contribution in [0.2, 0.25) is 0 Å². The Kier molecular flexibility index (Phi) is 10.4. The van der Waals surface area contributed by atoms with Crippen LogP contribution in [-0.4, -0.2) is 55.4 Å². The van der Waals surface area contributed by atoms with Crippen molar-refractivity contribution in [1.82, 2.24) is 20.9 Å². The van der Waals surface area contributed by atoms with Gasteiger partial charge in [-0.05, 0) is 58.6 Å². The highest BCUT2D eigenvalue weighted by Gasteiger charge is 2.15. The second-order valence-electron chi connectivity index (χ2n) is 8.83. The van der Waals surface area contributed by atoms with E-state index in [1.54, 1.807) is 0 Å². The molecule has 0 radical (unpaired) electrons. The van der Waals surface area contributed by atoms with Crippen LogP contribution in [0.5, 0.6) is 0 Å². The molecule has 0 atom stereocenters. The van der Waals surface area contributed by atoms with E-state index in [1.165, 1.54) is 25.7 Å². The van der Waals surface area contributed by atoms with E-state index in [0.717, 1.165) is 43.4 Å². The van der Waals surface area contributed by atoms with Crippen LogP contribution in [0.25, 0.3) is 0 Å². The van der Waals surface area contributed by atoms with Gasteiger partial charge in [0.25, 0.3) is 0 Å². The SMILES string of the molecule is CCNC(=NCc1ccc(N2CCCCCC2)nc1)NCCCNC(=O)OC(C)(C)C. The zero-order chi connectivity index (χ0) is 22.5. The first kappa shape index (κ1) is 24.8. The largest absolute Gasteiger partial charge is 0.444 e. The van der Waals surface area contributed by atoms with Crippen LogP contribution < -0.4 is 20.9 Å². The molecule has 2 rings (SSSR count). The van der Waals surface area contributed by atoms with Gasteiger partial charge in [-0.3, -0.25) is 0 Å². The fraction of sp³-hybridized carbons (Fsp3) is 0.696. The highest BCUT2D eigenvalue weighted by atomic mass is 16.6. The molecule has 1 aliphatic heterocycles. The number of guanidine groups is 1. The van der Waals surface area contributed by atoms with Crippen LogP contribution in [0.3, 0.4) is 0 Å². The van der Waals surface area contributed by atoms with Gasteiger partial charge in [-0.2, -0.15) is 0 Å². The number of hydrogen-bond donors (Lipinski definition) is 3. The topological polar surface area (TPSA) is 90.9 Å². The Morgan fingerprint density at radius 1 is 1.10 bits per heavy atom. The van der Waals surface area contributed by atoms with Crippen LogP contribution in [0.15, 0.2) is 23.3 Å². The van der Waals surface area contributed by atoms with Gasteiger partial charge >= 0.3 is 6.09 Å². The lowest BCUT2D eigenvalue weighted by Crippen LogP contribution is -2.39. The number of anilines is 1. The molecular formula is C23H40N6O2. The summed E-state index contributed by atoms with van der Waals surface area (Å²) in [5.74, 6) is 1.83. The molecule has 0 saturated carbocycles. The van der Waals surface area contributed by atoms with Gasteiger partial charge < -0.3 is 25.6 Å². The van der Waals surface area contributed by atoms with Crippen molar-refractivity contribution in [2.24, 2.45) is 4.99 Å². The van der Waals surface area contributed by atoms with Crippen molar-refractivity contribution in [2.75, 3.05) is 37.6 Å². The van der Waals surface area contributed by atoms with Crippen molar-refractivity contribution in [1.29, 1.82) is 0 Å². The van der Waals surface area contributed by atoms with E-state index in [4.69, 9.17) is 4.74 Å². The highest BCUT2D eigenvalue weighted by Crippen LogP contribution is 2.17. The number of rotatable bonds is 8. The number of hydrogen-bond acceptors (Lipinski definition) is 5. The van der Waals surface area contributed by atoms with Gasteiger partial charge in [0.2, 0.25) is 0 Å². The second kappa shape index (κ2) is 13.0. The van der Waals surface area contributed by atoms with Gasteiger partial charge in [0.15, 0.2) is 5.96 Å².